The van der Waals surface area contributed by atoms with Gasteiger partial charge in [0.25, 0.3) is 0 Å². The molecule has 1 heterocycles. The first-order valence-corrected chi connectivity index (χ1v) is 9.01. The van der Waals surface area contributed by atoms with Gasteiger partial charge in [0.05, 0.1) is 0 Å². The smallest absolute Gasteiger partial charge is 0.0292 e. The number of hydrogen-bond donors (Lipinski definition) is 1. The predicted molar refractivity (Wildman–Crippen MR) is 85.8 cm³/mol. The molecule has 1 saturated heterocycles. The molecule has 18 heavy (non-hydrogen) atoms. The van der Waals surface area contributed by atoms with Crippen molar-refractivity contribution < 1.29 is 0 Å². The highest BCUT2D eigenvalue weighted by Gasteiger charge is 2.15. The molecule has 0 saturated carbocycles. The standard InChI is InChI=1S/C15H23NS2/c1-3-13-4-6-14(7-5-13)12(2)16-10-15-11-17-8-9-18-15/h4-7,12,15-16H,3,8-11H2,1-2H3. The lowest BCUT2D eigenvalue weighted by Gasteiger charge is -2.23. The molecule has 0 spiro atoms. The Labute approximate surface area is 120 Å². The summed E-state index contributed by atoms with van der Waals surface area (Å²) >= 11 is 4.22. The topological polar surface area (TPSA) is 12.0 Å². The molecule has 0 aromatic heterocycles. The van der Waals surface area contributed by atoms with Crippen molar-refractivity contribution in [3.8, 4) is 0 Å². The summed E-state index contributed by atoms with van der Waals surface area (Å²) in [7, 11) is 0. The lowest BCUT2D eigenvalue weighted by Crippen LogP contribution is -2.30. The molecule has 0 aliphatic carbocycles. The molecule has 1 aromatic rings. The van der Waals surface area contributed by atoms with Crippen LogP contribution in [-0.4, -0.2) is 29.1 Å². The zero-order valence-corrected chi connectivity index (χ0v) is 12.9. The van der Waals surface area contributed by atoms with Gasteiger partial charge in [0.15, 0.2) is 0 Å². The lowest BCUT2D eigenvalue weighted by atomic mass is 10.1. The fraction of sp³-hybridized carbons (Fsp3) is 0.600. The van der Waals surface area contributed by atoms with Gasteiger partial charge in [-0.3, -0.25) is 0 Å². The molecule has 1 fully saturated rings. The molecule has 3 heteroatoms. The van der Waals surface area contributed by atoms with Crippen molar-refractivity contribution in [1.29, 1.82) is 0 Å². The average Bonchev–Trinajstić information content (AvgIpc) is 2.46. The molecule has 1 aromatic carbocycles. The van der Waals surface area contributed by atoms with E-state index < -0.39 is 0 Å². The molecule has 2 unspecified atom stereocenters. The van der Waals surface area contributed by atoms with Gasteiger partial charge in [0, 0.05) is 35.1 Å². The number of aryl methyl sites for hydroxylation is 1. The first kappa shape index (κ1) is 14.3. The Morgan fingerprint density at radius 3 is 2.67 bits per heavy atom. The Morgan fingerprint density at radius 1 is 1.28 bits per heavy atom. The predicted octanol–water partition coefficient (Wildman–Crippen LogP) is 3.75. The van der Waals surface area contributed by atoms with E-state index in [1.807, 2.05) is 0 Å². The van der Waals surface area contributed by atoms with Crippen LogP contribution in [0, 0.1) is 0 Å². The zero-order chi connectivity index (χ0) is 12.8. The van der Waals surface area contributed by atoms with Gasteiger partial charge in [-0.1, -0.05) is 31.2 Å². The molecular weight excluding hydrogens is 258 g/mol. The Morgan fingerprint density at radius 2 is 2.06 bits per heavy atom. The maximum Gasteiger partial charge on any atom is 0.0292 e. The molecule has 2 atom stereocenters. The average molecular weight is 281 g/mol. The first-order chi connectivity index (χ1) is 8.79. The van der Waals surface area contributed by atoms with Crippen molar-refractivity contribution >= 4 is 23.5 Å². The van der Waals surface area contributed by atoms with Crippen LogP contribution in [0.25, 0.3) is 0 Å². The normalized spacial score (nSPS) is 21.8. The Balaban J connectivity index is 1.80. The summed E-state index contributed by atoms with van der Waals surface area (Å²) in [4.78, 5) is 0. The van der Waals surface area contributed by atoms with E-state index in [-0.39, 0.29) is 0 Å². The Hall–Kier alpha value is -0.120. The van der Waals surface area contributed by atoms with Gasteiger partial charge in [-0.25, -0.2) is 0 Å². The van der Waals surface area contributed by atoms with Crippen LogP contribution < -0.4 is 5.32 Å². The van der Waals surface area contributed by atoms with Gasteiger partial charge < -0.3 is 5.32 Å². The third-order valence-electron chi connectivity index (χ3n) is 3.42. The second kappa shape index (κ2) is 7.46. The van der Waals surface area contributed by atoms with Crippen LogP contribution in [0.1, 0.15) is 31.0 Å². The van der Waals surface area contributed by atoms with Crippen molar-refractivity contribution in [3.63, 3.8) is 0 Å². The van der Waals surface area contributed by atoms with Crippen molar-refractivity contribution in [1.82, 2.24) is 5.32 Å². The lowest BCUT2D eigenvalue weighted by molar-refractivity contribution is 0.577. The number of nitrogens with one attached hydrogen (secondary N) is 1. The number of thioether (sulfide) groups is 2. The molecule has 1 aliphatic rings. The van der Waals surface area contributed by atoms with Crippen LogP contribution in [0.5, 0.6) is 0 Å². The molecule has 1 aliphatic heterocycles. The van der Waals surface area contributed by atoms with Crippen molar-refractivity contribution in [2.75, 3.05) is 23.8 Å². The fourth-order valence-corrected chi connectivity index (χ4v) is 4.75. The highest BCUT2D eigenvalue weighted by molar-refractivity contribution is 8.06. The van der Waals surface area contributed by atoms with E-state index in [1.165, 1.54) is 28.4 Å². The molecule has 1 nitrogen and oxygen atoms in total. The third-order valence-corrected chi connectivity index (χ3v) is 6.27. The molecule has 0 bridgehead atoms. The zero-order valence-electron chi connectivity index (χ0n) is 11.3. The highest BCUT2D eigenvalue weighted by Crippen LogP contribution is 2.24. The van der Waals surface area contributed by atoms with Gasteiger partial charge in [-0.15, -0.1) is 0 Å². The SMILES string of the molecule is CCc1ccc(C(C)NCC2CSCCS2)cc1. The molecule has 0 amide bonds. The largest absolute Gasteiger partial charge is 0.309 e. The van der Waals surface area contributed by atoms with E-state index >= 15 is 0 Å². The summed E-state index contributed by atoms with van der Waals surface area (Å²) < 4.78 is 0. The van der Waals surface area contributed by atoms with Crippen molar-refractivity contribution in [2.24, 2.45) is 0 Å². The van der Waals surface area contributed by atoms with Crippen LogP contribution in [0.3, 0.4) is 0 Å². The molecule has 1 N–H and O–H groups in total. The number of benzene rings is 1. The second-order valence-electron chi connectivity index (χ2n) is 4.79. The van der Waals surface area contributed by atoms with Crippen LogP contribution in [0.2, 0.25) is 0 Å². The van der Waals surface area contributed by atoms with Crippen LogP contribution >= 0.6 is 23.5 Å². The molecular formula is C15H23NS2. The summed E-state index contributed by atoms with van der Waals surface area (Å²) in [6.07, 6.45) is 1.12. The second-order valence-corrected chi connectivity index (χ2v) is 7.35. The van der Waals surface area contributed by atoms with Gasteiger partial charge >= 0.3 is 0 Å². The molecule has 100 valence electrons. The van der Waals surface area contributed by atoms with Crippen molar-refractivity contribution in [2.45, 2.75) is 31.6 Å². The summed E-state index contributed by atoms with van der Waals surface area (Å²) in [5.41, 5.74) is 2.82. The van der Waals surface area contributed by atoms with E-state index in [2.05, 4.69) is 67.0 Å². The monoisotopic (exact) mass is 281 g/mol. The van der Waals surface area contributed by atoms with Crippen LogP contribution in [0.4, 0.5) is 0 Å². The van der Waals surface area contributed by atoms with Gasteiger partial charge in [0.2, 0.25) is 0 Å². The number of hydrogen-bond acceptors (Lipinski definition) is 3. The minimum atomic E-state index is 0.462. The van der Waals surface area contributed by atoms with E-state index in [0.717, 1.165) is 18.2 Å². The van der Waals surface area contributed by atoms with Gasteiger partial charge in [-0.2, -0.15) is 23.5 Å². The van der Waals surface area contributed by atoms with E-state index in [1.54, 1.807) is 0 Å². The summed E-state index contributed by atoms with van der Waals surface area (Å²) in [6.45, 7) is 5.60. The Kier molecular flexibility index (Phi) is 5.93. The van der Waals surface area contributed by atoms with Gasteiger partial charge in [0.1, 0.15) is 0 Å². The minimum absolute atomic E-state index is 0.462. The maximum atomic E-state index is 3.67. The van der Waals surface area contributed by atoms with E-state index in [9.17, 15) is 0 Å². The van der Waals surface area contributed by atoms with Crippen LogP contribution in [-0.2, 0) is 6.42 Å². The summed E-state index contributed by atoms with van der Waals surface area (Å²) in [5.74, 6) is 3.95. The first-order valence-electron chi connectivity index (χ1n) is 6.81. The van der Waals surface area contributed by atoms with Crippen molar-refractivity contribution in [3.05, 3.63) is 35.4 Å². The maximum absolute atomic E-state index is 3.67. The van der Waals surface area contributed by atoms with E-state index in [4.69, 9.17) is 0 Å². The van der Waals surface area contributed by atoms with E-state index in [0.29, 0.717) is 6.04 Å². The quantitative estimate of drug-likeness (QED) is 0.883. The van der Waals surface area contributed by atoms with Crippen LogP contribution in [0.15, 0.2) is 24.3 Å². The Bertz CT molecular complexity index is 344. The summed E-state index contributed by atoms with van der Waals surface area (Å²) in [6, 6.07) is 9.49. The van der Waals surface area contributed by atoms with Gasteiger partial charge in [-0.05, 0) is 24.5 Å². The molecule has 2 rings (SSSR count). The fourth-order valence-electron chi connectivity index (χ4n) is 2.12. The highest BCUT2D eigenvalue weighted by atomic mass is 32.2. The third kappa shape index (κ3) is 4.22. The number of rotatable bonds is 5. The summed E-state index contributed by atoms with van der Waals surface area (Å²) in [5, 5.41) is 4.46. The minimum Gasteiger partial charge on any atom is -0.309 e. The molecule has 0 radical (unpaired) electrons.